The summed E-state index contributed by atoms with van der Waals surface area (Å²) in [6.45, 7) is 0. The van der Waals surface area contributed by atoms with E-state index in [1.165, 1.54) is 19.2 Å². The molecule has 0 saturated heterocycles. The molecule has 0 atom stereocenters. The standard InChI is InChI=1S/C31H24F3NO6/c1-36-22-10-17-18-11-24(38-3)25(39-4)13-20(18)27-21(19(17)12-23(22)37-2)14-26(40-5)29-28(27)35-30(41-29)15-6-8-16(9-7-15)31(32,33)34/h6-14H,1-5H3. The fourth-order valence-corrected chi connectivity index (χ4v) is 5.25. The maximum atomic E-state index is 13.2. The highest BCUT2D eigenvalue weighted by molar-refractivity contribution is 6.32. The number of ether oxygens (including phenoxy) is 5. The number of hydrogen-bond donors (Lipinski definition) is 0. The molecule has 7 nitrogen and oxygen atoms in total. The van der Waals surface area contributed by atoms with Gasteiger partial charge in [-0.25, -0.2) is 4.98 Å². The summed E-state index contributed by atoms with van der Waals surface area (Å²) in [6.07, 6.45) is -4.46. The molecule has 6 aromatic rings. The first kappa shape index (κ1) is 26.4. The van der Waals surface area contributed by atoms with E-state index in [2.05, 4.69) is 0 Å². The van der Waals surface area contributed by atoms with Gasteiger partial charge in [0.25, 0.3) is 0 Å². The molecule has 0 saturated carbocycles. The van der Waals surface area contributed by atoms with Crippen molar-refractivity contribution in [2.75, 3.05) is 35.5 Å². The van der Waals surface area contributed by atoms with Gasteiger partial charge in [0, 0.05) is 10.9 Å². The minimum Gasteiger partial charge on any atom is -0.493 e. The lowest BCUT2D eigenvalue weighted by Gasteiger charge is -2.17. The number of oxazole rings is 1. The average molecular weight is 564 g/mol. The highest BCUT2D eigenvalue weighted by atomic mass is 19.4. The number of methoxy groups -OCH3 is 5. The SMILES string of the molecule is COc1cc2c3cc(OC)c(OC)cc3c3c(cc(OC)c4oc(-c5ccc(C(F)(F)F)cc5)nc43)c2cc1OC. The van der Waals surface area contributed by atoms with Gasteiger partial charge < -0.3 is 28.1 Å². The molecule has 0 unspecified atom stereocenters. The first-order valence-electron chi connectivity index (χ1n) is 12.4. The number of alkyl halides is 3. The third-order valence-electron chi connectivity index (χ3n) is 7.21. The maximum Gasteiger partial charge on any atom is 0.416 e. The first-order valence-corrected chi connectivity index (χ1v) is 12.4. The van der Waals surface area contributed by atoms with Crippen molar-refractivity contribution in [1.82, 2.24) is 4.98 Å². The van der Waals surface area contributed by atoms with Crippen LogP contribution in [-0.2, 0) is 6.18 Å². The summed E-state index contributed by atoms with van der Waals surface area (Å²) in [5.74, 6) is 2.69. The Bertz CT molecular complexity index is 1920. The predicted molar refractivity (Wildman–Crippen MR) is 150 cm³/mol. The number of nitrogens with zero attached hydrogens (tertiary/aromatic N) is 1. The van der Waals surface area contributed by atoms with Crippen molar-refractivity contribution >= 4 is 43.4 Å². The molecule has 0 aliphatic carbocycles. The van der Waals surface area contributed by atoms with Crippen LogP contribution in [0, 0.1) is 0 Å². The second-order valence-electron chi connectivity index (χ2n) is 9.28. The molecule has 41 heavy (non-hydrogen) atoms. The van der Waals surface area contributed by atoms with Crippen LogP contribution in [0.3, 0.4) is 0 Å². The Morgan fingerprint density at radius 3 is 1.44 bits per heavy atom. The minimum atomic E-state index is -4.46. The fourth-order valence-electron chi connectivity index (χ4n) is 5.25. The number of rotatable bonds is 6. The van der Waals surface area contributed by atoms with Gasteiger partial charge in [0.1, 0.15) is 5.52 Å². The van der Waals surface area contributed by atoms with Gasteiger partial charge in [0.05, 0.1) is 41.1 Å². The van der Waals surface area contributed by atoms with E-state index in [9.17, 15) is 13.2 Å². The zero-order valence-electron chi connectivity index (χ0n) is 22.7. The van der Waals surface area contributed by atoms with Gasteiger partial charge in [-0.3, -0.25) is 0 Å². The molecule has 210 valence electrons. The number of benzene rings is 5. The Kier molecular flexibility index (Phi) is 6.21. The van der Waals surface area contributed by atoms with Gasteiger partial charge in [-0.1, -0.05) is 0 Å². The van der Waals surface area contributed by atoms with Crippen LogP contribution < -0.4 is 23.7 Å². The summed E-state index contributed by atoms with van der Waals surface area (Å²) >= 11 is 0. The molecule has 0 aliphatic rings. The fraction of sp³-hybridized carbons (Fsp3) is 0.194. The van der Waals surface area contributed by atoms with E-state index in [-0.39, 0.29) is 5.89 Å². The van der Waals surface area contributed by atoms with Crippen molar-refractivity contribution < 1.29 is 41.3 Å². The summed E-state index contributed by atoms with van der Waals surface area (Å²) in [5, 5.41) is 4.83. The lowest BCUT2D eigenvalue weighted by molar-refractivity contribution is -0.137. The van der Waals surface area contributed by atoms with E-state index < -0.39 is 11.7 Å². The van der Waals surface area contributed by atoms with E-state index in [1.54, 1.807) is 28.4 Å². The minimum absolute atomic E-state index is 0.153. The van der Waals surface area contributed by atoms with Crippen molar-refractivity contribution in [3.8, 4) is 40.2 Å². The van der Waals surface area contributed by atoms with Crippen LogP contribution in [0.5, 0.6) is 28.7 Å². The van der Waals surface area contributed by atoms with Gasteiger partial charge in [-0.15, -0.1) is 0 Å². The maximum absolute atomic E-state index is 13.2. The molecule has 0 bridgehead atoms. The monoisotopic (exact) mass is 563 g/mol. The number of hydrogen-bond acceptors (Lipinski definition) is 7. The summed E-state index contributed by atoms with van der Waals surface area (Å²) in [7, 11) is 7.77. The molecule has 1 heterocycles. The molecule has 6 rings (SSSR count). The van der Waals surface area contributed by atoms with Crippen LogP contribution in [0.4, 0.5) is 13.2 Å². The zero-order valence-corrected chi connectivity index (χ0v) is 22.7. The Labute approximate surface area is 231 Å². The molecule has 0 amide bonds. The van der Waals surface area contributed by atoms with Crippen molar-refractivity contribution in [3.05, 3.63) is 60.2 Å². The predicted octanol–water partition coefficient (Wildman–Crippen LogP) is 8.02. The summed E-state index contributed by atoms with van der Waals surface area (Å²) in [4.78, 5) is 4.79. The summed E-state index contributed by atoms with van der Waals surface area (Å²) in [5.41, 5.74) is 0.456. The second-order valence-corrected chi connectivity index (χ2v) is 9.28. The molecule has 0 aliphatic heterocycles. The number of halogens is 3. The Balaban J connectivity index is 1.77. The van der Waals surface area contributed by atoms with Crippen LogP contribution >= 0.6 is 0 Å². The molecule has 10 heteroatoms. The molecular formula is C31H24F3NO6. The number of fused-ring (bicyclic) bond motifs is 8. The third-order valence-corrected chi connectivity index (χ3v) is 7.21. The third kappa shape index (κ3) is 4.09. The van der Waals surface area contributed by atoms with E-state index in [4.69, 9.17) is 33.1 Å². The quantitative estimate of drug-likeness (QED) is 0.190. The second kappa shape index (κ2) is 9.65. The van der Waals surface area contributed by atoms with Gasteiger partial charge in [0.15, 0.2) is 34.3 Å². The highest BCUT2D eigenvalue weighted by Crippen LogP contribution is 2.48. The lowest BCUT2D eigenvalue weighted by Crippen LogP contribution is -2.03. The Morgan fingerprint density at radius 1 is 0.585 bits per heavy atom. The largest absolute Gasteiger partial charge is 0.493 e. The van der Waals surface area contributed by atoms with E-state index in [0.717, 1.165) is 44.5 Å². The van der Waals surface area contributed by atoms with Crippen molar-refractivity contribution in [2.45, 2.75) is 6.18 Å². The van der Waals surface area contributed by atoms with Crippen molar-refractivity contribution in [3.63, 3.8) is 0 Å². The normalized spacial score (nSPS) is 11.9. The Hall–Kier alpha value is -4.86. The molecule has 0 spiro atoms. The van der Waals surface area contributed by atoms with Gasteiger partial charge >= 0.3 is 6.18 Å². The zero-order chi connectivity index (χ0) is 29.1. The lowest BCUT2D eigenvalue weighted by atomic mass is 9.92. The summed E-state index contributed by atoms with van der Waals surface area (Å²) in [6, 6.07) is 14.0. The van der Waals surface area contributed by atoms with E-state index >= 15 is 0 Å². The van der Waals surface area contributed by atoms with Gasteiger partial charge in [-0.2, -0.15) is 13.2 Å². The summed E-state index contributed by atoms with van der Waals surface area (Å²) < 4.78 is 73.8. The van der Waals surface area contributed by atoms with Gasteiger partial charge in [0.2, 0.25) is 5.89 Å². The topological polar surface area (TPSA) is 72.2 Å². The molecule has 1 aromatic heterocycles. The number of aromatic nitrogens is 1. The molecule has 0 fully saturated rings. The van der Waals surface area contributed by atoms with E-state index in [1.807, 2.05) is 30.3 Å². The van der Waals surface area contributed by atoms with Crippen molar-refractivity contribution in [1.29, 1.82) is 0 Å². The smallest absolute Gasteiger partial charge is 0.416 e. The molecule has 5 aromatic carbocycles. The van der Waals surface area contributed by atoms with E-state index in [0.29, 0.717) is 45.4 Å². The molecule has 0 N–H and O–H groups in total. The van der Waals surface area contributed by atoms with Crippen molar-refractivity contribution in [2.24, 2.45) is 0 Å². The van der Waals surface area contributed by atoms with Crippen LogP contribution in [0.15, 0.2) is 59.0 Å². The average Bonchev–Trinajstić information content (AvgIpc) is 3.44. The Morgan fingerprint density at radius 2 is 1.00 bits per heavy atom. The van der Waals surface area contributed by atoms with Gasteiger partial charge in [-0.05, 0) is 81.5 Å². The van der Waals surface area contributed by atoms with Crippen LogP contribution in [-0.4, -0.2) is 40.5 Å². The van der Waals surface area contributed by atoms with Crippen LogP contribution in [0.25, 0.3) is 54.9 Å². The van der Waals surface area contributed by atoms with Crippen LogP contribution in [0.1, 0.15) is 5.56 Å². The molecule has 0 radical (unpaired) electrons. The van der Waals surface area contributed by atoms with Crippen LogP contribution in [0.2, 0.25) is 0 Å². The first-order chi connectivity index (χ1) is 19.7. The highest BCUT2D eigenvalue weighted by Gasteiger charge is 2.30. The molecular weight excluding hydrogens is 539 g/mol.